The molecule has 0 bridgehead atoms. The summed E-state index contributed by atoms with van der Waals surface area (Å²) in [7, 11) is -3.72. The van der Waals surface area contributed by atoms with E-state index in [9.17, 15) is 13.2 Å². The maximum Gasteiger partial charge on any atom is 0.261 e. The normalized spacial score (nSPS) is 13.7. The van der Waals surface area contributed by atoms with Gasteiger partial charge in [-0.1, -0.05) is 19.9 Å². The van der Waals surface area contributed by atoms with Gasteiger partial charge < -0.3 is 9.64 Å². The lowest BCUT2D eigenvalue weighted by molar-refractivity contribution is -0.131. The highest BCUT2D eigenvalue weighted by Crippen LogP contribution is 2.26. The van der Waals surface area contributed by atoms with Crippen molar-refractivity contribution in [3.05, 3.63) is 53.1 Å². The highest BCUT2D eigenvalue weighted by atomic mass is 32.2. The number of rotatable bonds is 7. The number of hydrogen-bond donors (Lipinski definition) is 1. The van der Waals surface area contributed by atoms with Gasteiger partial charge in [-0.05, 0) is 66.8 Å². The standard InChI is InChI=1S/C22H28N2O4S/c1-4-12-28-21-9-8-20(13-16(21)3)29(26,27)23-19-7-6-17-10-11-24(22(25)5-2)15-18(17)14-19/h6-9,13-14,23H,4-5,10-12,15H2,1-3H3. The van der Waals surface area contributed by atoms with Crippen molar-refractivity contribution in [3.8, 4) is 5.75 Å². The summed E-state index contributed by atoms with van der Waals surface area (Å²) in [5.74, 6) is 0.808. The van der Waals surface area contributed by atoms with Crippen LogP contribution in [0.4, 0.5) is 5.69 Å². The minimum Gasteiger partial charge on any atom is -0.493 e. The van der Waals surface area contributed by atoms with Gasteiger partial charge in [0.25, 0.3) is 10.0 Å². The van der Waals surface area contributed by atoms with Crippen molar-refractivity contribution < 1.29 is 17.9 Å². The largest absolute Gasteiger partial charge is 0.493 e. The summed E-state index contributed by atoms with van der Waals surface area (Å²) in [6.45, 7) is 7.52. The van der Waals surface area contributed by atoms with E-state index in [0.29, 0.717) is 37.6 Å². The van der Waals surface area contributed by atoms with Gasteiger partial charge in [-0.15, -0.1) is 0 Å². The van der Waals surface area contributed by atoms with E-state index >= 15 is 0 Å². The first-order valence-electron chi connectivity index (χ1n) is 10.00. The van der Waals surface area contributed by atoms with Crippen molar-refractivity contribution in [3.63, 3.8) is 0 Å². The molecule has 3 rings (SSSR count). The molecule has 0 spiro atoms. The first-order valence-corrected chi connectivity index (χ1v) is 11.5. The lowest BCUT2D eigenvalue weighted by Gasteiger charge is -2.29. The molecule has 1 N–H and O–H groups in total. The maximum absolute atomic E-state index is 12.8. The molecule has 0 fully saturated rings. The maximum atomic E-state index is 12.8. The molecule has 0 radical (unpaired) electrons. The van der Waals surface area contributed by atoms with Crippen LogP contribution in [0.25, 0.3) is 0 Å². The second kappa shape index (κ2) is 8.86. The van der Waals surface area contributed by atoms with Gasteiger partial charge in [0.1, 0.15) is 5.75 Å². The van der Waals surface area contributed by atoms with Crippen LogP contribution in [0.3, 0.4) is 0 Å². The van der Waals surface area contributed by atoms with Crippen molar-refractivity contribution in [2.45, 2.75) is 51.5 Å². The van der Waals surface area contributed by atoms with Gasteiger partial charge in [0.2, 0.25) is 5.91 Å². The summed E-state index contributed by atoms with van der Waals surface area (Å²) in [6, 6.07) is 10.4. The molecule has 1 aliphatic rings. The number of aryl methyl sites for hydroxylation is 1. The van der Waals surface area contributed by atoms with E-state index in [4.69, 9.17) is 4.74 Å². The third-order valence-electron chi connectivity index (χ3n) is 5.04. The van der Waals surface area contributed by atoms with Crippen LogP contribution < -0.4 is 9.46 Å². The third kappa shape index (κ3) is 4.90. The number of carbonyl (C=O) groups is 1. The Morgan fingerprint density at radius 3 is 2.62 bits per heavy atom. The number of sulfonamides is 1. The number of amides is 1. The quantitative estimate of drug-likeness (QED) is 0.743. The fraction of sp³-hybridized carbons (Fsp3) is 0.409. The van der Waals surface area contributed by atoms with Crippen molar-refractivity contribution in [1.82, 2.24) is 4.90 Å². The number of hydrogen-bond acceptors (Lipinski definition) is 4. The fourth-order valence-corrected chi connectivity index (χ4v) is 4.57. The number of carbonyl (C=O) groups excluding carboxylic acids is 1. The average molecular weight is 417 g/mol. The zero-order chi connectivity index (χ0) is 21.0. The van der Waals surface area contributed by atoms with Gasteiger partial charge in [-0.25, -0.2) is 8.42 Å². The van der Waals surface area contributed by atoms with Crippen molar-refractivity contribution in [2.75, 3.05) is 17.9 Å². The highest BCUT2D eigenvalue weighted by Gasteiger charge is 2.21. The summed E-state index contributed by atoms with van der Waals surface area (Å²) in [5.41, 5.74) is 3.41. The van der Waals surface area contributed by atoms with Crippen LogP contribution in [0.2, 0.25) is 0 Å². The number of nitrogens with zero attached hydrogens (tertiary/aromatic N) is 1. The van der Waals surface area contributed by atoms with Gasteiger partial charge in [0.15, 0.2) is 0 Å². The lowest BCUT2D eigenvalue weighted by Crippen LogP contribution is -2.35. The summed E-state index contributed by atoms with van der Waals surface area (Å²) in [4.78, 5) is 14.0. The topological polar surface area (TPSA) is 75.7 Å². The van der Waals surface area contributed by atoms with Gasteiger partial charge in [-0.3, -0.25) is 9.52 Å². The van der Waals surface area contributed by atoms with E-state index in [-0.39, 0.29) is 10.8 Å². The molecule has 0 aliphatic carbocycles. The van der Waals surface area contributed by atoms with Gasteiger partial charge in [0, 0.05) is 25.2 Å². The third-order valence-corrected chi connectivity index (χ3v) is 6.42. The number of ether oxygens (including phenoxy) is 1. The minimum atomic E-state index is -3.72. The Hall–Kier alpha value is -2.54. The molecule has 29 heavy (non-hydrogen) atoms. The Morgan fingerprint density at radius 2 is 1.93 bits per heavy atom. The van der Waals surface area contributed by atoms with Crippen LogP contribution in [0.15, 0.2) is 41.3 Å². The number of anilines is 1. The smallest absolute Gasteiger partial charge is 0.261 e. The number of nitrogens with one attached hydrogen (secondary N) is 1. The minimum absolute atomic E-state index is 0.113. The summed E-state index contributed by atoms with van der Waals surface area (Å²) < 4.78 is 34.0. The summed E-state index contributed by atoms with van der Waals surface area (Å²) in [5, 5.41) is 0. The highest BCUT2D eigenvalue weighted by molar-refractivity contribution is 7.92. The molecule has 0 saturated carbocycles. The predicted octanol–water partition coefficient (Wildman–Crippen LogP) is 3.88. The molecule has 0 aromatic heterocycles. The van der Waals surface area contributed by atoms with E-state index in [1.165, 1.54) is 0 Å². The second-order valence-electron chi connectivity index (χ2n) is 7.28. The van der Waals surface area contributed by atoms with Crippen molar-refractivity contribution in [1.29, 1.82) is 0 Å². The molecule has 7 heteroatoms. The van der Waals surface area contributed by atoms with Crippen LogP contribution in [0.1, 0.15) is 43.4 Å². The lowest BCUT2D eigenvalue weighted by atomic mass is 9.99. The van der Waals surface area contributed by atoms with Crippen LogP contribution in [0.5, 0.6) is 5.75 Å². The molecular formula is C22H28N2O4S. The Bertz CT molecular complexity index is 1000. The Balaban J connectivity index is 1.79. The molecule has 156 valence electrons. The number of fused-ring (bicyclic) bond motifs is 1. The second-order valence-corrected chi connectivity index (χ2v) is 8.97. The van der Waals surface area contributed by atoms with E-state index in [1.807, 2.05) is 37.8 Å². The molecule has 1 aliphatic heterocycles. The summed E-state index contributed by atoms with van der Waals surface area (Å²) in [6.07, 6.45) is 2.14. The Kier molecular flexibility index (Phi) is 6.47. The average Bonchev–Trinajstić information content (AvgIpc) is 2.71. The SMILES string of the molecule is CCCOc1ccc(S(=O)(=O)Nc2ccc3c(c2)CN(C(=O)CC)CC3)cc1C. The predicted molar refractivity (Wildman–Crippen MR) is 114 cm³/mol. The monoisotopic (exact) mass is 416 g/mol. The van der Waals surface area contributed by atoms with Gasteiger partial charge in [-0.2, -0.15) is 0 Å². The molecule has 2 aromatic rings. The first-order chi connectivity index (χ1) is 13.8. The van der Waals surface area contributed by atoms with E-state index in [1.54, 1.807) is 24.3 Å². The Labute approximate surface area is 172 Å². The molecule has 1 amide bonds. The van der Waals surface area contributed by atoms with Crippen LogP contribution >= 0.6 is 0 Å². The van der Waals surface area contributed by atoms with E-state index in [0.717, 1.165) is 29.5 Å². The molecule has 0 saturated heterocycles. The van der Waals surface area contributed by atoms with Gasteiger partial charge in [0.05, 0.1) is 11.5 Å². The van der Waals surface area contributed by atoms with Crippen LogP contribution in [-0.4, -0.2) is 32.4 Å². The fourth-order valence-electron chi connectivity index (χ4n) is 3.43. The van der Waals surface area contributed by atoms with E-state index < -0.39 is 10.0 Å². The molecule has 0 atom stereocenters. The molecule has 2 aromatic carbocycles. The summed E-state index contributed by atoms with van der Waals surface area (Å²) >= 11 is 0. The molecule has 1 heterocycles. The first kappa shape index (κ1) is 21.2. The van der Waals surface area contributed by atoms with E-state index in [2.05, 4.69) is 4.72 Å². The van der Waals surface area contributed by atoms with Gasteiger partial charge >= 0.3 is 0 Å². The Morgan fingerprint density at radius 1 is 1.14 bits per heavy atom. The van der Waals surface area contributed by atoms with Crippen LogP contribution in [0, 0.1) is 6.92 Å². The van der Waals surface area contributed by atoms with Crippen molar-refractivity contribution in [2.24, 2.45) is 0 Å². The zero-order valence-corrected chi connectivity index (χ0v) is 18.0. The number of benzene rings is 2. The van der Waals surface area contributed by atoms with Crippen molar-refractivity contribution >= 4 is 21.6 Å². The molecule has 6 nitrogen and oxygen atoms in total. The zero-order valence-electron chi connectivity index (χ0n) is 17.2. The molecular weight excluding hydrogens is 388 g/mol. The molecule has 0 unspecified atom stereocenters. The van der Waals surface area contributed by atoms with Crippen LogP contribution in [-0.2, 0) is 27.8 Å².